The molecule has 0 atom stereocenters. The van der Waals surface area contributed by atoms with Crippen LogP contribution in [0.4, 0.5) is 0 Å². The van der Waals surface area contributed by atoms with Gasteiger partial charge in [-0.2, -0.15) is 5.10 Å². The van der Waals surface area contributed by atoms with Gasteiger partial charge in [0.25, 0.3) is 5.56 Å². The molecule has 21 heavy (non-hydrogen) atoms. The second kappa shape index (κ2) is 4.85. The summed E-state index contributed by atoms with van der Waals surface area (Å²) in [6.45, 7) is 0. The van der Waals surface area contributed by atoms with E-state index in [1.54, 1.807) is 0 Å². The lowest BCUT2D eigenvalue weighted by Crippen LogP contribution is -2.09. The molecule has 1 N–H and O–H groups in total. The van der Waals surface area contributed by atoms with Crippen molar-refractivity contribution < 1.29 is 0 Å². The van der Waals surface area contributed by atoms with Gasteiger partial charge in [0.2, 0.25) is 0 Å². The van der Waals surface area contributed by atoms with Gasteiger partial charge < -0.3 is 0 Å². The fourth-order valence-corrected chi connectivity index (χ4v) is 3.22. The Balaban J connectivity index is 1.95. The Morgan fingerprint density at radius 3 is 2.52 bits per heavy atom. The Bertz CT molecular complexity index is 880. The van der Waals surface area contributed by atoms with E-state index in [1.165, 1.54) is 30.4 Å². The Labute approximate surface area is 122 Å². The Kier molecular flexibility index (Phi) is 2.85. The lowest BCUT2D eigenvalue weighted by molar-refractivity contribution is 0.686. The topological polar surface area (TPSA) is 45.8 Å². The van der Waals surface area contributed by atoms with Gasteiger partial charge in [0.15, 0.2) is 0 Å². The highest BCUT2D eigenvalue weighted by Crippen LogP contribution is 2.29. The summed E-state index contributed by atoms with van der Waals surface area (Å²) in [5.41, 5.74) is 4.70. The van der Waals surface area contributed by atoms with Crippen molar-refractivity contribution in [2.75, 3.05) is 0 Å². The molecule has 0 saturated heterocycles. The van der Waals surface area contributed by atoms with Crippen LogP contribution in [-0.2, 0) is 12.8 Å². The third kappa shape index (κ3) is 2.05. The van der Waals surface area contributed by atoms with Crippen molar-refractivity contribution in [3.8, 4) is 11.3 Å². The Hall–Kier alpha value is -2.42. The zero-order valence-electron chi connectivity index (χ0n) is 11.7. The summed E-state index contributed by atoms with van der Waals surface area (Å²) in [6.07, 6.45) is 4.86. The minimum Gasteiger partial charge on any atom is -0.267 e. The molecule has 3 heteroatoms. The van der Waals surface area contributed by atoms with Crippen LogP contribution < -0.4 is 5.56 Å². The molecule has 0 spiro atoms. The van der Waals surface area contributed by atoms with E-state index in [2.05, 4.69) is 28.4 Å². The number of hydrogen-bond donors (Lipinski definition) is 1. The SMILES string of the molecule is O=c1[nH]nc(-c2ccc3c(c2)CCCC3)c2ccccc12. The molecule has 0 aliphatic heterocycles. The highest BCUT2D eigenvalue weighted by Gasteiger charge is 2.13. The molecule has 0 bridgehead atoms. The average Bonchev–Trinajstić information content (AvgIpc) is 2.55. The van der Waals surface area contributed by atoms with Crippen LogP contribution in [0.5, 0.6) is 0 Å². The average molecular weight is 276 g/mol. The number of rotatable bonds is 1. The van der Waals surface area contributed by atoms with Crippen molar-refractivity contribution in [2.45, 2.75) is 25.7 Å². The van der Waals surface area contributed by atoms with Crippen LogP contribution in [0.2, 0.25) is 0 Å². The number of aromatic amines is 1. The largest absolute Gasteiger partial charge is 0.272 e. The van der Waals surface area contributed by atoms with E-state index >= 15 is 0 Å². The maximum atomic E-state index is 11.9. The van der Waals surface area contributed by atoms with Crippen LogP contribution in [0.1, 0.15) is 24.0 Å². The molecule has 3 nitrogen and oxygen atoms in total. The van der Waals surface area contributed by atoms with Crippen LogP contribution in [0.15, 0.2) is 47.3 Å². The van der Waals surface area contributed by atoms with Crippen molar-refractivity contribution >= 4 is 10.8 Å². The number of nitrogens with zero attached hydrogens (tertiary/aromatic N) is 1. The van der Waals surface area contributed by atoms with Gasteiger partial charge in [-0.1, -0.05) is 30.3 Å². The van der Waals surface area contributed by atoms with Crippen LogP contribution in [0, 0.1) is 0 Å². The molecule has 0 amide bonds. The Morgan fingerprint density at radius 2 is 1.67 bits per heavy atom. The molecule has 0 saturated carbocycles. The normalized spacial score (nSPS) is 14.1. The Morgan fingerprint density at radius 1 is 0.905 bits per heavy atom. The molecule has 1 heterocycles. The molecule has 1 aromatic heterocycles. The third-order valence-corrected chi connectivity index (χ3v) is 4.32. The molecule has 2 aromatic carbocycles. The van der Waals surface area contributed by atoms with Gasteiger partial charge >= 0.3 is 0 Å². The first-order valence-corrected chi connectivity index (χ1v) is 7.42. The van der Waals surface area contributed by atoms with Gasteiger partial charge in [0.1, 0.15) is 0 Å². The second-order valence-corrected chi connectivity index (χ2v) is 5.64. The molecular formula is C18H16N2O. The minimum absolute atomic E-state index is 0.132. The summed E-state index contributed by atoms with van der Waals surface area (Å²) in [6, 6.07) is 14.2. The molecule has 1 aliphatic carbocycles. The number of fused-ring (bicyclic) bond motifs is 2. The second-order valence-electron chi connectivity index (χ2n) is 5.64. The number of aromatic nitrogens is 2. The molecule has 3 aromatic rings. The lowest BCUT2D eigenvalue weighted by Gasteiger charge is -2.16. The van der Waals surface area contributed by atoms with Crippen molar-refractivity contribution in [2.24, 2.45) is 0 Å². The smallest absolute Gasteiger partial charge is 0.267 e. The maximum absolute atomic E-state index is 11.9. The van der Waals surface area contributed by atoms with Gasteiger partial charge in [-0.3, -0.25) is 4.79 Å². The third-order valence-electron chi connectivity index (χ3n) is 4.32. The molecule has 1 aliphatic rings. The van der Waals surface area contributed by atoms with Gasteiger partial charge in [0, 0.05) is 10.9 Å². The van der Waals surface area contributed by atoms with Gasteiger partial charge in [-0.25, -0.2) is 5.10 Å². The van der Waals surface area contributed by atoms with E-state index in [1.807, 2.05) is 24.3 Å². The number of H-pyrrole nitrogens is 1. The van der Waals surface area contributed by atoms with Crippen molar-refractivity contribution in [1.82, 2.24) is 10.2 Å². The zero-order chi connectivity index (χ0) is 14.2. The summed E-state index contributed by atoms with van der Waals surface area (Å²) in [7, 11) is 0. The fraction of sp³-hybridized carbons (Fsp3) is 0.222. The molecule has 0 unspecified atom stereocenters. The predicted octanol–water partition coefficient (Wildman–Crippen LogP) is 3.47. The number of aryl methyl sites for hydroxylation is 2. The van der Waals surface area contributed by atoms with Crippen molar-refractivity contribution in [3.63, 3.8) is 0 Å². The molecule has 4 rings (SSSR count). The van der Waals surface area contributed by atoms with E-state index in [9.17, 15) is 4.79 Å². The summed E-state index contributed by atoms with van der Waals surface area (Å²) < 4.78 is 0. The van der Waals surface area contributed by atoms with E-state index < -0.39 is 0 Å². The monoisotopic (exact) mass is 276 g/mol. The highest BCUT2D eigenvalue weighted by molar-refractivity contribution is 5.93. The molecule has 104 valence electrons. The zero-order valence-corrected chi connectivity index (χ0v) is 11.7. The lowest BCUT2D eigenvalue weighted by atomic mass is 9.89. The quantitative estimate of drug-likeness (QED) is 0.739. The van der Waals surface area contributed by atoms with Crippen molar-refractivity contribution in [1.29, 1.82) is 0 Å². The standard InChI is InChI=1S/C18H16N2O/c21-18-16-8-4-3-7-15(16)17(19-20-18)14-10-9-12-5-1-2-6-13(12)11-14/h3-4,7-11H,1-2,5-6H2,(H,20,21). The summed E-state index contributed by atoms with van der Waals surface area (Å²) in [5.74, 6) is 0. The van der Waals surface area contributed by atoms with E-state index in [0.717, 1.165) is 23.1 Å². The molecular weight excluding hydrogens is 260 g/mol. The first-order chi connectivity index (χ1) is 10.3. The maximum Gasteiger partial charge on any atom is 0.272 e. The molecule has 0 fully saturated rings. The fourth-order valence-electron chi connectivity index (χ4n) is 3.22. The number of hydrogen-bond acceptors (Lipinski definition) is 2. The first-order valence-electron chi connectivity index (χ1n) is 7.42. The van der Waals surface area contributed by atoms with Crippen molar-refractivity contribution in [3.05, 3.63) is 63.9 Å². The van der Waals surface area contributed by atoms with Gasteiger partial charge in [-0.05, 0) is 48.9 Å². The van der Waals surface area contributed by atoms with E-state index in [4.69, 9.17) is 0 Å². The molecule has 0 radical (unpaired) electrons. The predicted molar refractivity (Wildman–Crippen MR) is 84.4 cm³/mol. The van der Waals surface area contributed by atoms with E-state index in [-0.39, 0.29) is 5.56 Å². The summed E-state index contributed by atoms with van der Waals surface area (Å²) in [5, 5.41) is 8.51. The highest BCUT2D eigenvalue weighted by atomic mass is 16.1. The van der Waals surface area contributed by atoms with Crippen LogP contribution >= 0.6 is 0 Å². The minimum atomic E-state index is -0.132. The first kappa shape index (κ1) is 12.3. The van der Waals surface area contributed by atoms with Crippen LogP contribution in [-0.4, -0.2) is 10.2 Å². The number of benzene rings is 2. The summed E-state index contributed by atoms with van der Waals surface area (Å²) in [4.78, 5) is 11.9. The van der Waals surface area contributed by atoms with E-state index in [0.29, 0.717) is 5.39 Å². The van der Waals surface area contributed by atoms with Crippen LogP contribution in [0.25, 0.3) is 22.0 Å². The summed E-state index contributed by atoms with van der Waals surface area (Å²) >= 11 is 0. The van der Waals surface area contributed by atoms with Crippen LogP contribution in [0.3, 0.4) is 0 Å². The van der Waals surface area contributed by atoms with Gasteiger partial charge in [-0.15, -0.1) is 0 Å². The van der Waals surface area contributed by atoms with Gasteiger partial charge in [0.05, 0.1) is 11.1 Å². The number of nitrogens with one attached hydrogen (secondary N) is 1.